The molecule has 4 aromatic rings. The molecule has 0 saturated heterocycles. The van der Waals surface area contributed by atoms with E-state index in [-0.39, 0.29) is 27.8 Å². The molecule has 0 unspecified atom stereocenters. The van der Waals surface area contributed by atoms with Crippen molar-refractivity contribution in [1.29, 1.82) is 0 Å². The third kappa shape index (κ3) is 4.34. The average Bonchev–Trinajstić information content (AvgIpc) is 2.96. The van der Waals surface area contributed by atoms with E-state index in [1.54, 1.807) is 50.0 Å². The normalized spacial score (nSPS) is 15.4. The summed E-state index contributed by atoms with van der Waals surface area (Å²) in [4.78, 5) is 32.8. The van der Waals surface area contributed by atoms with Gasteiger partial charge in [-0.1, -0.05) is 6.08 Å². The van der Waals surface area contributed by atoms with Crippen LogP contribution >= 0.6 is 0 Å². The standard InChI is InChI=1S/C31H30F2N4O3/c1-18-14-24-26(36(3)30(18)38)17-27(34-28(24)19-8-12-40-13-9-19)37-11-4-6-20-15-22(23(29(32)33)16-25(20)37)21-7-5-10-35(2)31(21)39/h5,7-8,10,14-17,29H,4,6,9,11-13H2,1-3H3. The Hall–Kier alpha value is -4.11. The number of aryl methyl sites for hydroxylation is 4. The van der Waals surface area contributed by atoms with Gasteiger partial charge in [0.05, 0.1) is 24.4 Å². The molecule has 0 amide bonds. The zero-order chi connectivity index (χ0) is 28.1. The maximum absolute atomic E-state index is 14.5. The molecule has 2 aliphatic heterocycles. The average molecular weight is 545 g/mol. The Morgan fingerprint density at radius 2 is 1.85 bits per heavy atom. The van der Waals surface area contributed by atoms with Crippen molar-refractivity contribution in [2.45, 2.75) is 32.6 Å². The molecular formula is C31H30F2N4O3. The molecule has 0 bridgehead atoms. The zero-order valence-electron chi connectivity index (χ0n) is 22.7. The molecular weight excluding hydrogens is 514 g/mol. The Labute approximate surface area is 230 Å². The molecule has 0 fully saturated rings. The number of pyridine rings is 3. The van der Waals surface area contributed by atoms with Crippen LogP contribution in [0.5, 0.6) is 0 Å². The quantitative estimate of drug-likeness (QED) is 0.343. The van der Waals surface area contributed by atoms with E-state index in [9.17, 15) is 18.4 Å². The summed E-state index contributed by atoms with van der Waals surface area (Å²) < 4.78 is 37.5. The van der Waals surface area contributed by atoms with E-state index in [4.69, 9.17) is 9.72 Å². The summed E-state index contributed by atoms with van der Waals surface area (Å²) in [6.45, 7) is 3.44. The Morgan fingerprint density at radius 3 is 2.60 bits per heavy atom. The number of ether oxygens (including phenoxy) is 1. The predicted molar refractivity (Wildman–Crippen MR) is 153 cm³/mol. The van der Waals surface area contributed by atoms with E-state index in [1.807, 2.05) is 23.1 Å². The number of alkyl halides is 2. The fourth-order valence-corrected chi connectivity index (χ4v) is 5.83. The maximum Gasteiger partial charge on any atom is 0.264 e. The molecule has 6 rings (SSSR count). The minimum absolute atomic E-state index is 0.0929. The highest BCUT2D eigenvalue weighted by Gasteiger charge is 2.27. The molecule has 0 saturated carbocycles. The van der Waals surface area contributed by atoms with Crippen molar-refractivity contribution in [3.8, 4) is 11.1 Å². The van der Waals surface area contributed by atoms with Crippen molar-refractivity contribution in [3.05, 3.63) is 91.8 Å². The monoisotopic (exact) mass is 544 g/mol. The van der Waals surface area contributed by atoms with Crippen LogP contribution in [0.25, 0.3) is 27.6 Å². The second-order valence-electron chi connectivity index (χ2n) is 10.5. The molecule has 1 aromatic carbocycles. The van der Waals surface area contributed by atoms with Gasteiger partial charge in [0.15, 0.2) is 0 Å². The molecule has 3 aromatic heterocycles. The maximum atomic E-state index is 14.5. The number of aromatic nitrogens is 3. The number of anilines is 2. The lowest BCUT2D eigenvalue weighted by atomic mass is 9.92. The third-order valence-corrected chi connectivity index (χ3v) is 7.95. The first-order valence-corrected chi connectivity index (χ1v) is 13.4. The third-order valence-electron chi connectivity index (χ3n) is 7.95. The number of hydrogen-bond acceptors (Lipinski definition) is 5. The van der Waals surface area contributed by atoms with Gasteiger partial charge in [-0.25, -0.2) is 13.8 Å². The Balaban J connectivity index is 1.57. The summed E-state index contributed by atoms with van der Waals surface area (Å²) in [5.74, 6) is 0.596. The Bertz CT molecular complexity index is 1810. The second kappa shape index (κ2) is 10.1. The molecule has 0 spiro atoms. The molecule has 0 aliphatic carbocycles. The first-order valence-electron chi connectivity index (χ1n) is 13.4. The van der Waals surface area contributed by atoms with Gasteiger partial charge in [-0.3, -0.25) is 9.59 Å². The van der Waals surface area contributed by atoms with Crippen molar-refractivity contribution in [2.24, 2.45) is 14.1 Å². The molecule has 2 aliphatic rings. The first-order chi connectivity index (χ1) is 19.2. The Morgan fingerprint density at radius 1 is 1.02 bits per heavy atom. The van der Waals surface area contributed by atoms with Gasteiger partial charge in [-0.2, -0.15) is 0 Å². The molecule has 9 heteroatoms. The lowest BCUT2D eigenvalue weighted by Crippen LogP contribution is -2.27. The zero-order valence-corrected chi connectivity index (χ0v) is 22.7. The van der Waals surface area contributed by atoms with Crippen molar-refractivity contribution < 1.29 is 13.5 Å². The number of fused-ring (bicyclic) bond motifs is 2. The van der Waals surface area contributed by atoms with Crippen LogP contribution in [-0.2, 0) is 25.3 Å². The number of halogens is 2. The van der Waals surface area contributed by atoms with Crippen LogP contribution in [0.1, 0.15) is 41.7 Å². The van der Waals surface area contributed by atoms with Crippen LogP contribution in [0.2, 0.25) is 0 Å². The van der Waals surface area contributed by atoms with E-state index in [0.29, 0.717) is 49.7 Å². The molecule has 0 atom stereocenters. The van der Waals surface area contributed by atoms with Crippen LogP contribution in [0.3, 0.4) is 0 Å². The van der Waals surface area contributed by atoms with Gasteiger partial charge < -0.3 is 18.8 Å². The minimum atomic E-state index is -2.77. The van der Waals surface area contributed by atoms with Gasteiger partial charge in [0, 0.05) is 60.7 Å². The van der Waals surface area contributed by atoms with Gasteiger partial charge in [-0.15, -0.1) is 0 Å². The molecule has 0 radical (unpaired) electrons. The van der Waals surface area contributed by atoms with Crippen molar-refractivity contribution in [2.75, 3.05) is 24.7 Å². The summed E-state index contributed by atoms with van der Waals surface area (Å²) in [6, 6.07) is 10.3. The number of hydrogen-bond donors (Lipinski definition) is 0. The van der Waals surface area contributed by atoms with Crippen molar-refractivity contribution >= 4 is 28.0 Å². The van der Waals surface area contributed by atoms with Crippen molar-refractivity contribution in [3.63, 3.8) is 0 Å². The molecule has 7 nitrogen and oxygen atoms in total. The van der Waals surface area contributed by atoms with E-state index in [0.717, 1.165) is 34.2 Å². The fraction of sp³-hybridized carbons (Fsp3) is 0.323. The van der Waals surface area contributed by atoms with Gasteiger partial charge >= 0.3 is 0 Å². The van der Waals surface area contributed by atoms with Crippen LogP contribution in [0.15, 0.2) is 58.3 Å². The van der Waals surface area contributed by atoms with Crippen LogP contribution in [0, 0.1) is 6.92 Å². The largest absolute Gasteiger partial charge is 0.377 e. The van der Waals surface area contributed by atoms with E-state index >= 15 is 0 Å². The highest BCUT2D eigenvalue weighted by Crippen LogP contribution is 2.41. The molecule has 40 heavy (non-hydrogen) atoms. The van der Waals surface area contributed by atoms with E-state index in [2.05, 4.69) is 0 Å². The lowest BCUT2D eigenvalue weighted by molar-refractivity contribution is 0.152. The smallest absolute Gasteiger partial charge is 0.264 e. The molecule has 206 valence electrons. The molecule has 5 heterocycles. The second-order valence-corrected chi connectivity index (χ2v) is 10.5. The van der Waals surface area contributed by atoms with Crippen LogP contribution in [-0.4, -0.2) is 33.9 Å². The van der Waals surface area contributed by atoms with E-state index < -0.39 is 6.43 Å². The minimum Gasteiger partial charge on any atom is -0.377 e. The van der Waals surface area contributed by atoms with E-state index in [1.165, 1.54) is 10.6 Å². The van der Waals surface area contributed by atoms with Gasteiger partial charge in [0.2, 0.25) is 0 Å². The SMILES string of the molecule is Cc1cc2c(C3=CCOCC3)nc(N3CCCc4cc(-c5cccn(C)c5=O)c(C(F)F)cc43)cc2n(C)c1=O. The summed E-state index contributed by atoms with van der Waals surface area (Å²) in [5.41, 5.74) is 4.61. The topological polar surface area (TPSA) is 69.4 Å². The number of benzene rings is 1. The van der Waals surface area contributed by atoms with Crippen molar-refractivity contribution in [1.82, 2.24) is 14.1 Å². The highest BCUT2D eigenvalue weighted by molar-refractivity contribution is 5.93. The summed E-state index contributed by atoms with van der Waals surface area (Å²) in [5, 5.41) is 0.872. The highest BCUT2D eigenvalue weighted by atomic mass is 19.3. The van der Waals surface area contributed by atoms with Crippen LogP contribution in [0.4, 0.5) is 20.3 Å². The van der Waals surface area contributed by atoms with Gasteiger partial charge in [0.1, 0.15) is 5.82 Å². The molecule has 0 N–H and O–H groups in total. The summed E-state index contributed by atoms with van der Waals surface area (Å²) in [6.07, 6.45) is 3.02. The number of rotatable bonds is 4. The first kappa shape index (κ1) is 26.1. The predicted octanol–water partition coefficient (Wildman–Crippen LogP) is 5.43. The Kier molecular flexibility index (Phi) is 6.62. The fourth-order valence-electron chi connectivity index (χ4n) is 5.83. The lowest BCUT2D eigenvalue weighted by Gasteiger charge is -2.32. The van der Waals surface area contributed by atoms with Crippen LogP contribution < -0.4 is 16.0 Å². The summed E-state index contributed by atoms with van der Waals surface area (Å²) in [7, 11) is 3.36. The van der Waals surface area contributed by atoms with Gasteiger partial charge in [-0.05, 0) is 73.2 Å². The summed E-state index contributed by atoms with van der Waals surface area (Å²) >= 11 is 0. The van der Waals surface area contributed by atoms with Gasteiger partial charge in [0.25, 0.3) is 17.5 Å². The number of nitrogens with zero attached hydrogens (tertiary/aromatic N) is 4.